The van der Waals surface area contributed by atoms with Crippen LogP contribution in [0.1, 0.15) is 11.3 Å². The van der Waals surface area contributed by atoms with Gasteiger partial charge in [-0.2, -0.15) is 0 Å². The van der Waals surface area contributed by atoms with Crippen LogP contribution in [-0.2, 0) is 16.0 Å². The van der Waals surface area contributed by atoms with Crippen molar-refractivity contribution in [3.05, 3.63) is 52.7 Å². The Morgan fingerprint density at radius 1 is 0.920 bits per heavy atom. The number of piperazine rings is 1. The molecule has 0 spiro atoms. The maximum Gasteiger partial charge on any atom is 0.260 e. The van der Waals surface area contributed by atoms with Gasteiger partial charge in [-0.3, -0.25) is 9.59 Å². The molecule has 132 valence electrons. The molecule has 6 heteroatoms. The largest absolute Gasteiger partial charge is 0.484 e. The topological polar surface area (TPSA) is 49.9 Å². The lowest BCUT2D eigenvalue weighted by Crippen LogP contribution is -2.51. The molecule has 0 bridgehead atoms. The van der Waals surface area contributed by atoms with Gasteiger partial charge in [0.1, 0.15) is 5.75 Å². The Kier molecular flexibility index (Phi) is 6.06. The molecule has 0 atom stereocenters. The highest BCUT2D eigenvalue weighted by molar-refractivity contribution is 7.09. The Hall–Kier alpha value is -2.34. The fourth-order valence-electron chi connectivity index (χ4n) is 2.80. The van der Waals surface area contributed by atoms with Gasteiger partial charge in [0.2, 0.25) is 5.91 Å². The lowest BCUT2D eigenvalue weighted by Gasteiger charge is -2.34. The summed E-state index contributed by atoms with van der Waals surface area (Å²) in [4.78, 5) is 29.4. The molecule has 2 aromatic rings. The summed E-state index contributed by atoms with van der Waals surface area (Å²) in [6, 6.07) is 13.4. The number of benzene rings is 1. The first-order valence-corrected chi connectivity index (χ1v) is 9.36. The molecular weight excluding hydrogens is 336 g/mol. The van der Waals surface area contributed by atoms with E-state index in [4.69, 9.17) is 4.74 Å². The Morgan fingerprint density at radius 3 is 2.24 bits per heavy atom. The van der Waals surface area contributed by atoms with Crippen LogP contribution in [-0.4, -0.2) is 54.4 Å². The van der Waals surface area contributed by atoms with Crippen LogP contribution in [0.2, 0.25) is 0 Å². The van der Waals surface area contributed by atoms with E-state index in [1.165, 1.54) is 4.88 Å². The second kappa shape index (κ2) is 8.67. The van der Waals surface area contributed by atoms with Gasteiger partial charge in [0.05, 0.1) is 0 Å². The van der Waals surface area contributed by atoms with E-state index in [0.29, 0.717) is 38.3 Å². The van der Waals surface area contributed by atoms with Crippen LogP contribution < -0.4 is 4.74 Å². The van der Waals surface area contributed by atoms with Gasteiger partial charge in [-0.15, -0.1) is 11.3 Å². The van der Waals surface area contributed by atoms with Gasteiger partial charge in [0.25, 0.3) is 5.91 Å². The van der Waals surface area contributed by atoms with Crippen LogP contribution in [0.4, 0.5) is 0 Å². The summed E-state index contributed by atoms with van der Waals surface area (Å²) in [6.07, 6.45) is 1.33. The summed E-state index contributed by atoms with van der Waals surface area (Å²) < 4.78 is 5.50. The molecule has 1 aromatic carbocycles. The van der Waals surface area contributed by atoms with Crippen LogP contribution in [0.5, 0.6) is 5.75 Å². The van der Waals surface area contributed by atoms with E-state index in [-0.39, 0.29) is 18.4 Å². The quantitative estimate of drug-likeness (QED) is 0.797. The number of hydrogen-bond donors (Lipinski definition) is 0. The maximum absolute atomic E-state index is 12.3. The predicted octanol–water partition coefficient (Wildman–Crippen LogP) is 2.43. The number of aryl methyl sites for hydroxylation is 1. The second-order valence-corrected chi connectivity index (χ2v) is 6.97. The zero-order chi connectivity index (χ0) is 17.5. The first-order chi connectivity index (χ1) is 12.2. The Bertz CT molecular complexity index is 680. The fraction of sp³-hybridized carbons (Fsp3) is 0.368. The summed E-state index contributed by atoms with van der Waals surface area (Å²) in [6.45, 7) is 2.38. The van der Waals surface area contributed by atoms with Crippen molar-refractivity contribution >= 4 is 23.2 Å². The monoisotopic (exact) mass is 358 g/mol. The fourth-order valence-corrected chi connectivity index (χ4v) is 3.51. The lowest BCUT2D eigenvalue weighted by molar-refractivity contribution is -0.140. The maximum atomic E-state index is 12.3. The van der Waals surface area contributed by atoms with Crippen molar-refractivity contribution in [3.8, 4) is 5.75 Å². The van der Waals surface area contributed by atoms with Crippen LogP contribution in [0.15, 0.2) is 47.8 Å². The molecule has 1 fully saturated rings. The highest BCUT2D eigenvalue weighted by atomic mass is 32.1. The first-order valence-electron chi connectivity index (χ1n) is 8.48. The van der Waals surface area contributed by atoms with Crippen LogP contribution >= 0.6 is 11.3 Å². The molecule has 0 saturated carbocycles. The SMILES string of the molecule is O=C(CCc1cccs1)N1CCN(C(=O)COc2ccccc2)CC1. The van der Waals surface area contributed by atoms with Crippen LogP contribution in [0.3, 0.4) is 0 Å². The smallest absolute Gasteiger partial charge is 0.260 e. The van der Waals surface area contributed by atoms with E-state index in [1.54, 1.807) is 16.2 Å². The number of nitrogens with zero attached hydrogens (tertiary/aromatic N) is 2. The van der Waals surface area contributed by atoms with E-state index in [0.717, 1.165) is 6.42 Å². The van der Waals surface area contributed by atoms with Crippen LogP contribution in [0, 0.1) is 0 Å². The molecule has 1 saturated heterocycles. The number of hydrogen-bond acceptors (Lipinski definition) is 4. The molecule has 5 nitrogen and oxygen atoms in total. The van der Waals surface area contributed by atoms with Crippen molar-refractivity contribution in [3.63, 3.8) is 0 Å². The number of thiophene rings is 1. The van der Waals surface area contributed by atoms with E-state index >= 15 is 0 Å². The average molecular weight is 358 g/mol. The third-order valence-electron chi connectivity index (χ3n) is 4.26. The zero-order valence-corrected chi connectivity index (χ0v) is 14.9. The molecule has 0 N–H and O–H groups in total. The van der Waals surface area contributed by atoms with Crippen molar-refractivity contribution in [2.24, 2.45) is 0 Å². The summed E-state index contributed by atoms with van der Waals surface area (Å²) in [5.74, 6) is 0.828. The molecule has 2 amide bonds. The molecule has 3 rings (SSSR count). The molecule has 25 heavy (non-hydrogen) atoms. The van der Waals surface area contributed by atoms with Gasteiger partial charge in [-0.1, -0.05) is 24.3 Å². The van der Waals surface area contributed by atoms with E-state index in [1.807, 2.05) is 46.7 Å². The summed E-state index contributed by atoms with van der Waals surface area (Å²) in [7, 11) is 0. The minimum atomic E-state index is -0.0328. The highest BCUT2D eigenvalue weighted by Crippen LogP contribution is 2.13. The number of para-hydroxylation sites is 1. The van der Waals surface area contributed by atoms with Crippen molar-refractivity contribution in [1.29, 1.82) is 0 Å². The molecule has 1 aromatic heterocycles. The van der Waals surface area contributed by atoms with Crippen molar-refractivity contribution in [1.82, 2.24) is 9.80 Å². The van der Waals surface area contributed by atoms with E-state index in [2.05, 4.69) is 6.07 Å². The normalized spacial score (nSPS) is 14.4. The molecule has 0 aliphatic carbocycles. The number of ether oxygens (including phenoxy) is 1. The average Bonchev–Trinajstić information content (AvgIpc) is 3.19. The van der Waals surface area contributed by atoms with Crippen molar-refractivity contribution in [2.75, 3.05) is 32.8 Å². The van der Waals surface area contributed by atoms with Gasteiger partial charge < -0.3 is 14.5 Å². The second-order valence-electron chi connectivity index (χ2n) is 5.94. The predicted molar refractivity (Wildman–Crippen MR) is 97.7 cm³/mol. The Morgan fingerprint density at radius 2 is 1.60 bits per heavy atom. The Balaban J connectivity index is 1.38. The lowest BCUT2D eigenvalue weighted by atomic mass is 10.2. The molecule has 0 radical (unpaired) electrons. The number of carbonyl (C=O) groups excluding carboxylic acids is 2. The van der Waals surface area contributed by atoms with Crippen molar-refractivity contribution < 1.29 is 14.3 Å². The van der Waals surface area contributed by atoms with Gasteiger partial charge in [0, 0.05) is 37.5 Å². The summed E-state index contributed by atoms with van der Waals surface area (Å²) >= 11 is 1.68. The Labute approximate surface area is 151 Å². The molecular formula is C19H22N2O3S. The number of carbonyl (C=O) groups is 2. The molecule has 1 aliphatic heterocycles. The minimum Gasteiger partial charge on any atom is -0.484 e. The number of rotatable bonds is 6. The standard InChI is InChI=1S/C19H22N2O3S/c22-18(9-8-17-7-4-14-25-17)20-10-12-21(13-11-20)19(23)15-24-16-5-2-1-3-6-16/h1-7,14H,8-13,15H2. The van der Waals surface area contributed by atoms with Gasteiger partial charge in [-0.05, 0) is 30.0 Å². The molecule has 1 aliphatic rings. The van der Waals surface area contributed by atoms with Crippen molar-refractivity contribution in [2.45, 2.75) is 12.8 Å². The summed E-state index contributed by atoms with van der Waals surface area (Å²) in [5, 5.41) is 2.03. The molecule has 0 unspecified atom stereocenters. The zero-order valence-electron chi connectivity index (χ0n) is 14.1. The number of amides is 2. The van der Waals surface area contributed by atoms with Gasteiger partial charge in [-0.25, -0.2) is 0 Å². The first kappa shape index (κ1) is 17.5. The van der Waals surface area contributed by atoms with Gasteiger partial charge in [0.15, 0.2) is 6.61 Å². The summed E-state index contributed by atoms with van der Waals surface area (Å²) in [5.41, 5.74) is 0. The third-order valence-corrected chi connectivity index (χ3v) is 5.19. The van der Waals surface area contributed by atoms with E-state index < -0.39 is 0 Å². The van der Waals surface area contributed by atoms with Crippen LogP contribution in [0.25, 0.3) is 0 Å². The van der Waals surface area contributed by atoms with E-state index in [9.17, 15) is 9.59 Å². The highest BCUT2D eigenvalue weighted by Gasteiger charge is 2.24. The minimum absolute atomic E-state index is 0.0328. The third kappa shape index (κ3) is 5.06. The van der Waals surface area contributed by atoms with Gasteiger partial charge >= 0.3 is 0 Å². The molecule has 2 heterocycles.